The van der Waals surface area contributed by atoms with Crippen LogP contribution in [0.25, 0.3) is 0 Å². The second kappa shape index (κ2) is 7.68. The minimum Gasteiger partial charge on any atom is -0.353 e. The number of benzene rings is 1. The Hall–Kier alpha value is -1.84. The van der Waals surface area contributed by atoms with E-state index < -0.39 is 0 Å². The zero-order chi connectivity index (χ0) is 15.1. The lowest BCUT2D eigenvalue weighted by Gasteiger charge is -2.27. The topological polar surface area (TPSA) is 49.4 Å². The Bertz CT molecular complexity index is 441. The normalized spacial score (nSPS) is 10.7. The average Bonchev–Trinajstić information content (AvgIpc) is 2.35. The summed E-state index contributed by atoms with van der Waals surface area (Å²) in [5.41, 5.74) is 1.07. The van der Waals surface area contributed by atoms with Gasteiger partial charge in [0.25, 0.3) is 0 Å². The van der Waals surface area contributed by atoms with Gasteiger partial charge in [-0.3, -0.25) is 9.59 Å². The van der Waals surface area contributed by atoms with Crippen LogP contribution >= 0.6 is 0 Å². The van der Waals surface area contributed by atoms with Crippen LogP contribution < -0.4 is 5.32 Å². The van der Waals surface area contributed by atoms with Crippen LogP contribution in [-0.4, -0.2) is 28.8 Å². The third-order valence-corrected chi connectivity index (χ3v) is 2.90. The van der Waals surface area contributed by atoms with Gasteiger partial charge in [-0.1, -0.05) is 30.3 Å². The highest BCUT2D eigenvalue weighted by atomic mass is 16.2. The first-order valence-corrected chi connectivity index (χ1v) is 7.03. The first-order chi connectivity index (χ1) is 9.40. The maximum Gasteiger partial charge on any atom is 0.232 e. The van der Waals surface area contributed by atoms with Crippen molar-refractivity contribution in [3.8, 4) is 0 Å². The van der Waals surface area contributed by atoms with E-state index in [0.29, 0.717) is 6.54 Å². The average molecular weight is 276 g/mol. The Morgan fingerprint density at radius 3 is 2.20 bits per heavy atom. The van der Waals surface area contributed by atoms with Gasteiger partial charge in [0.2, 0.25) is 11.8 Å². The zero-order valence-corrected chi connectivity index (χ0v) is 12.7. The largest absolute Gasteiger partial charge is 0.353 e. The second-order valence-electron chi connectivity index (χ2n) is 5.50. The van der Waals surface area contributed by atoms with Crippen LogP contribution in [0.3, 0.4) is 0 Å². The predicted octanol–water partition coefficient (Wildman–Crippen LogP) is 2.34. The summed E-state index contributed by atoms with van der Waals surface area (Å²) in [5.74, 6) is -0.356. The van der Waals surface area contributed by atoms with Crippen molar-refractivity contribution < 1.29 is 9.59 Å². The molecule has 0 fully saturated rings. The maximum absolute atomic E-state index is 12.2. The summed E-state index contributed by atoms with van der Waals surface area (Å²) in [5, 5.41) is 2.74. The molecule has 0 atom stereocenters. The molecule has 1 rings (SSSR count). The molecule has 0 aliphatic heterocycles. The lowest BCUT2D eigenvalue weighted by molar-refractivity contribution is -0.138. The highest BCUT2D eigenvalue weighted by molar-refractivity contribution is 5.97. The van der Waals surface area contributed by atoms with E-state index in [-0.39, 0.29) is 30.3 Å². The Kier molecular flexibility index (Phi) is 6.22. The molecule has 0 heterocycles. The smallest absolute Gasteiger partial charge is 0.232 e. The first-order valence-electron chi connectivity index (χ1n) is 7.03. The molecule has 0 spiro atoms. The molecule has 0 unspecified atom stereocenters. The zero-order valence-electron chi connectivity index (χ0n) is 12.7. The third-order valence-electron chi connectivity index (χ3n) is 2.90. The number of carbonyl (C=O) groups excluding carboxylic acids is 2. The minimum absolute atomic E-state index is 0.0527. The van der Waals surface area contributed by atoms with Gasteiger partial charge in [-0.05, 0) is 33.3 Å². The number of hydrogen-bond donors (Lipinski definition) is 1. The second-order valence-corrected chi connectivity index (χ2v) is 5.50. The summed E-state index contributed by atoms with van der Waals surface area (Å²) in [6.45, 7) is 8.22. The number of nitrogens with one attached hydrogen (secondary N) is 1. The van der Waals surface area contributed by atoms with E-state index >= 15 is 0 Å². The fourth-order valence-electron chi connectivity index (χ4n) is 1.95. The van der Waals surface area contributed by atoms with Crippen molar-refractivity contribution in [3.63, 3.8) is 0 Å². The molecule has 0 aliphatic carbocycles. The van der Waals surface area contributed by atoms with Gasteiger partial charge in [0.15, 0.2) is 0 Å². The van der Waals surface area contributed by atoms with E-state index in [1.165, 1.54) is 0 Å². The predicted molar refractivity (Wildman–Crippen MR) is 80.0 cm³/mol. The fraction of sp³-hybridized carbons (Fsp3) is 0.500. The monoisotopic (exact) mass is 276 g/mol. The molecule has 2 amide bonds. The fourth-order valence-corrected chi connectivity index (χ4v) is 1.95. The van der Waals surface area contributed by atoms with Gasteiger partial charge >= 0.3 is 0 Å². The van der Waals surface area contributed by atoms with Crippen LogP contribution in [0, 0.1) is 0 Å². The van der Waals surface area contributed by atoms with Gasteiger partial charge in [-0.15, -0.1) is 0 Å². The van der Waals surface area contributed by atoms with Crippen molar-refractivity contribution in [2.75, 3.05) is 0 Å². The van der Waals surface area contributed by atoms with E-state index in [1.807, 2.05) is 58.0 Å². The van der Waals surface area contributed by atoms with Crippen LogP contribution in [0.15, 0.2) is 30.3 Å². The van der Waals surface area contributed by atoms with Crippen LogP contribution in [0.2, 0.25) is 0 Å². The molecule has 1 aromatic carbocycles. The van der Waals surface area contributed by atoms with Crippen LogP contribution in [-0.2, 0) is 16.1 Å². The van der Waals surface area contributed by atoms with Gasteiger partial charge in [-0.25, -0.2) is 0 Å². The molecule has 0 radical (unpaired) electrons. The molecule has 4 nitrogen and oxygen atoms in total. The number of nitrogens with zero attached hydrogens (tertiary/aromatic N) is 1. The van der Waals surface area contributed by atoms with E-state index in [9.17, 15) is 9.59 Å². The van der Waals surface area contributed by atoms with Crippen molar-refractivity contribution >= 4 is 11.8 Å². The summed E-state index contributed by atoms with van der Waals surface area (Å²) >= 11 is 0. The molecule has 20 heavy (non-hydrogen) atoms. The van der Waals surface area contributed by atoms with Crippen LogP contribution in [0.5, 0.6) is 0 Å². The Morgan fingerprint density at radius 2 is 1.70 bits per heavy atom. The van der Waals surface area contributed by atoms with Crippen LogP contribution in [0.1, 0.15) is 39.7 Å². The molecule has 1 aromatic rings. The molecule has 0 aromatic heterocycles. The van der Waals surface area contributed by atoms with E-state index in [0.717, 1.165) is 5.56 Å². The van der Waals surface area contributed by atoms with Crippen molar-refractivity contribution in [2.45, 2.75) is 52.7 Å². The van der Waals surface area contributed by atoms with Crippen molar-refractivity contribution in [3.05, 3.63) is 35.9 Å². The van der Waals surface area contributed by atoms with Crippen molar-refractivity contribution in [1.29, 1.82) is 0 Å². The van der Waals surface area contributed by atoms with E-state index in [4.69, 9.17) is 0 Å². The van der Waals surface area contributed by atoms with E-state index in [1.54, 1.807) is 4.90 Å². The lowest BCUT2D eigenvalue weighted by Crippen LogP contribution is -2.40. The lowest BCUT2D eigenvalue weighted by atomic mass is 10.1. The minimum atomic E-state index is -0.219. The summed E-state index contributed by atoms with van der Waals surface area (Å²) in [7, 11) is 0. The van der Waals surface area contributed by atoms with Gasteiger partial charge in [0.05, 0.1) is 0 Å². The Morgan fingerprint density at radius 1 is 1.10 bits per heavy atom. The number of amides is 2. The van der Waals surface area contributed by atoms with E-state index in [2.05, 4.69) is 5.32 Å². The number of hydrogen-bond acceptors (Lipinski definition) is 2. The first kappa shape index (κ1) is 16.2. The summed E-state index contributed by atoms with van der Waals surface area (Å²) in [4.78, 5) is 25.7. The van der Waals surface area contributed by atoms with Gasteiger partial charge < -0.3 is 10.2 Å². The van der Waals surface area contributed by atoms with Crippen molar-refractivity contribution in [1.82, 2.24) is 10.2 Å². The molecular weight excluding hydrogens is 252 g/mol. The molecule has 0 aliphatic rings. The molecule has 0 saturated carbocycles. The highest BCUT2D eigenvalue weighted by Crippen LogP contribution is 2.10. The van der Waals surface area contributed by atoms with Crippen molar-refractivity contribution in [2.24, 2.45) is 0 Å². The van der Waals surface area contributed by atoms with Gasteiger partial charge in [0.1, 0.15) is 6.42 Å². The third kappa shape index (κ3) is 5.43. The van der Waals surface area contributed by atoms with Gasteiger partial charge in [0, 0.05) is 18.6 Å². The van der Waals surface area contributed by atoms with Gasteiger partial charge in [-0.2, -0.15) is 0 Å². The molecule has 110 valence electrons. The Labute approximate surface area is 121 Å². The summed E-state index contributed by atoms with van der Waals surface area (Å²) in [6.07, 6.45) is -0.0941. The molecule has 0 saturated heterocycles. The number of carbonyl (C=O) groups is 2. The Balaban J connectivity index is 2.66. The number of rotatable bonds is 6. The standard InChI is InChI=1S/C16H24N2O2/c1-12(2)17-15(19)10-16(20)18(13(3)4)11-14-8-6-5-7-9-14/h5-9,12-13H,10-11H2,1-4H3,(H,17,19). The molecule has 1 N–H and O–H groups in total. The summed E-state index contributed by atoms with van der Waals surface area (Å²) < 4.78 is 0. The molecule has 0 bridgehead atoms. The quantitative estimate of drug-likeness (QED) is 0.811. The molecular formula is C16H24N2O2. The SMILES string of the molecule is CC(C)NC(=O)CC(=O)N(Cc1ccccc1)C(C)C. The van der Waals surface area contributed by atoms with Crippen LogP contribution in [0.4, 0.5) is 0 Å². The molecule has 4 heteroatoms. The maximum atomic E-state index is 12.2. The summed E-state index contributed by atoms with van der Waals surface area (Å²) in [6, 6.07) is 9.93. The highest BCUT2D eigenvalue weighted by Gasteiger charge is 2.20.